The first-order valence-electron chi connectivity index (χ1n) is 8.19. The topological polar surface area (TPSA) is 72.8 Å². The molecule has 0 spiro atoms. The minimum atomic E-state index is -3.20. The Morgan fingerprint density at radius 1 is 1.21 bits per heavy atom. The second kappa shape index (κ2) is 9.57. The van der Waals surface area contributed by atoms with E-state index in [0.717, 1.165) is 6.42 Å². The van der Waals surface area contributed by atoms with Gasteiger partial charge in [0.25, 0.3) is 0 Å². The summed E-state index contributed by atoms with van der Waals surface area (Å²) < 4.78 is 23.6. The molecule has 0 radical (unpaired) electrons. The summed E-state index contributed by atoms with van der Waals surface area (Å²) in [7, 11) is -3.20. The number of carbonyl (C=O) groups excluding carboxylic acids is 1. The van der Waals surface area contributed by atoms with E-state index in [-0.39, 0.29) is 19.4 Å². The van der Waals surface area contributed by atoms with Gasteiger partial charge in [0.15, 0.2) is 5.60 Å². The van der Waals surface area contributed by atoms with Gasteiger partial charge in [-0.3, -0.25) is 4.57 Å². The smallest absolute Gasteiger partial charge is 0.343 e. The van der Waals surface area contributed by atoms with E-state index in [1.807, 2.05) is 6.92 Å². The lowest BCUT2D eigenvalue weighted by molar-refractivity contribution is -0.164. The van der Waals surface area contributed by atoms with Gasteiger partial charge in [-0.15, -0.1) is 0 Å². The van der Waals surface area contributed by atoms with Gasteiger partial charge in [-0.25, -0.2) is 4.79 Å². The molecule has 0 bridgehead atoms. The van der Waals surface area contributed by atoms with E-state index in [1.165, 1.54) is 12.1 Å². The van der Waals surface area contributed by atoms with Crippen molar-refractivity contribution in [2.75, 3.05) is 25.5 Å². The van der Waals surface area contributed by atoms with Crippen molar-refractivity contribution in [2.45, 2.75) is 39.2 Å². The molecule has 0 saturated carbocycles. The number of carbonyl (C=O) groups is 1. The number of ether oxygens (including phenoxy) is 1. The summed E-state index contributed by atoms with van der Waals surface area (Å²) in [6.45, 7) is 5.74. The number of hydrogen-bond donors (Lipinski definition) is 1. The highest BCUT2D eigenvalue weighted by Crippen LogP contribution is 2.52. The molecule has 0 aliphatic heterocycles. The first-order valence-corrected chi connectivity index (χ1v) is 10.6. The van der Waals surface area contributed by atoms with Gasteiger partial charge in [-0.2, -0.15) is 0 Å². The highest BCUT2D eigenvalue weighted by molar-refractivity contribution is 7.59. The third kappa shape index (κ3) is 5.59. The van der Waals surface area contributed by atoms with Crippen LogP contribution in [0.25, 0.3) is 0 Å². The second-order valence-corrected chi connectivity index (χ2v) is 8.64. The molecule has 0 aromatic heterocycles. The third-order valence-corrected chi connectivity index (χ3v) is 6.54. The molecule has 1 aromatic rings. The zero-order valence-corrected chi connectivity index (χ0v) is 16.1. The molecule has 2 atom stereocenters. The van der Waals surface area contributed by atoms with Crippen molar-refractivity contribution in [3.8, 4) is 0 Å². The van der Waals surface area contributed by atoms with Gasteiger partial charge in [0, 0.05) is 11.2 Å². The molecule has 24 heavy (non-hydrogen) atoms. The number of rotatable bonds is 10. The SMILES string of the molecule is CCCCP(=O)(CC(O)(C(=O)OCC)c1ccc(Cl)cc1)OCC. The summed E-state index contributed by atoms with van der Waals surface area (Å²) in [4.78, 5) is 12.4. The lowest BCUT2D eigenvalue weighted by Crippen LogP contribution is -2.41. The van der Waals surface area contributed by atoms with E-state index in [1.54, 1.807) is 26.0 Å². The maximum atomic E-state index is 13.1. The normalized spacial score (nSPS) is 16.2. The molecule has 1 rings (SSSR count). The fourth-order valence-corrected chi connectivity index (χ4v) is 5.20. The van der Waals surface area contributed by atoms with Crippen molar-refractivity contribution in [1.29, 1.82) is 0 Å². The minimum Gasteiger partial charge on any atom is -0.464 e. The Kier molecular flexibility index (Phi) is 8.44. The van der Waals surface area contributed by atoms with E-state index in [4.69, 9.17) is 20.9 Å². The molecule has 0 saturated heterocycles. The number of esters is 1. The predicted octanol–water partition coefficient (Wildman–Crippen LogP) is 4.21. The molecule has 0 fully saturated rings. The maximum Gasteiger partial charge on any atom is 0.343 e. The van der Waals surface area contributed by atoms with Crippen LogP contribution < -0.4 is 0 Å². The van der Waals surface area contributed by atoms with Crippen molar-refractivity contribution < 1.29 is 23.7 Å². The van der Waals surface area contributed by atoms with Crippen LogP contribution in [0.3, 0.4) is 0 Å². The predicted molar refractivity (Wildman–Crippen MR) is 95.9 cm³/mol. The van der Waals surface area contributed by atoms with E-state index in [9.17, 15) is 14.5 Å². The Bertz CT molecular complexity index is 575. The molecule has 2 unspecified atom stereocenters. The zero-order chi connectivity index (χ0) is 18.2. The van der Waals surface area contributed by atoms with Crippen molar-refractivity contribution in [3.05, 3.63) is 34.9 Å². The van der Waals surface area contributed by atoms with Gasteiger partial charge in [0.05, 0.1) is 19.4 Å². The Balaban J connectivity index is 3.23. The number of halogens is 1. The molecule has 1 N–H and O–H groups in total. The van der Waals surface area contributed by atoms with E-state index >= 15 is 0 Å². The summed E-state index contributed by atoms with van der Waals surface area (Å²) >= 11 is 5.88. The summed E-state index contributed by atoms with van der Waals surface area (Å²) in [5.74, 6) is -0.830. The highest BCUT2D eigenvalue weighted by Gasteiger charge is 2.46. The number of aliphatic hydroxyl groups is 1. The molecule has 0 aliphatic carbocycles. The molecule has 1 aromatic carbocycles. The molecule has 136 valence electrons. The zero-order valence-electron chi connectivity index (χ0n) is 14.5. The molecular weight excluding hydrogens is 351 g/mol. The molecule has 7 heteroatoms. The Morgan fingerprint density at radius 3 is 2.33 bits per heavy atom. The summed E-state index contributed by atoms with van der Waals surface area (Å²) in [6.07, 6.45) is 1.54. The van der Waals surface area contributed by atoms with Gasteiger partial charge in [0.2, 0.25) is 7.37 Å². The van der Waals surface area contributed by atoms with Crippen LogP contribution in [0.2, 0.25) is 5.02 Å². The summed E-state index contributed by atoms with van der Waals surface area (Å²) in [5, 5.41) is 11.5. The average molecular weight is 377 g/mol. The molecule has 0 heterocycles. The van der Waals surface area contributed by atoms with Crippen LogP contribution in [0.5, 0.6) is 0 Å². The van der Waals surface area contributed by atoms with Crippen LogP contribution in [0.15, 0.2) is 24.3 Å². The monoisotopic (exact) mass is 376 g/mol. The highest BCUT2D eigenvalue weighted by atomic mass is 35.5. The fourth-order valence-electron chi connectivity index (χ4n) is 2.42. The van der Waals surface area contributed by atoms with Crippen LogP contribution in [-0.2, 0) is 24.2 Å². The standard InChI is InChI=1S/C17H26ClO5P/c1-4-7-12-24(21,23-6-3)13-17(20,16(19)22-5-2)14-8-10-15(18)11-9-14/h8-11,20H,4-7,12-13H2,1-3H3. The van der Waals surface area contributed by atoms with Crippen LogP contribution in [0.4, 0.5) is 0 Å². The van der Waals surface area contributed by atoms with E-state index in [0.29, 0.717) is 23.2 Å². The maximum absolute atomic E-state index is 13.1. The summed E-state index contributed by atoms with van der Waals surface area (Å²) in [5.41, 5.74) is -1.74. The van der Waals surface area contributed by atoms with Crippen LogP contribution >= 0.6 is 19.0 Å². The lowest BCUT2D eigenvalue weighted by Gasteiger charge is -2.30. The van der Waals surface area contributed by atoms with Gasteiger partial charge >= 0.3 is 5.97 Å². The van der Waals surface area contributed by atoms with E-state index in [2.05, 4.69) is 0 Å². The molecular formula is C17H26ClO5P. The van der Waals surface area contributed by atoms with Gasteiger partial charge in [0.1, 0.15) is 0 Å². The second-order valence-electron chi connectivity index (χ2n) is 5.56. The number of unbranched alkanes of at least 4 members (excludes halogenated alkanes) is 1. The largest absolute Gasteiger partial charge is 0.464 e. The van der Waals surface area contributed by atoms with Crippen molar-refractivity contribution in [3.63, 3.8) is 0 Å². The Labute approximate surface area is 148 Å². The van der Waals surface area contributed by atoms with Crippen LogP contribution in [-0.4, -0.2) is 36.6 Å². The molecule has 5 nitrogen and oxygen atoms in total. The first-order chi connectivity index (χ1) is 11.3. The number of benzene rings is 1. The van der Waals surface area contributed by atoms with Crippen LogP contribution in [0, 0.1) is 0 Å². The first kappa shape index (κ1) is 21.2. The molecule has 0 aliphatic rings. The average Bonchev–Trinajstić information content (AvgIpc) is 2.54. The third-order valence-electron chi connectivity index (χ3n) is 3.62. The molecule has 0 amide bonds. The number of hydrogen-bond acceptors (Lipinski definition) is 5. The Morgan fingerprint density at radius 2 is 1.83 bits per heavy atom. The summed E-state index contributed by atoms with van der Waals surface area (Å²) in [6, 6.07) is 6.21. The fraction of sp³-hybridized carbons (Fsp3) is 0.588. The van der Waals surface area contributed by atoms with E-state index < -0.39 is 18.9 Å². The van der Waals surface area contributed by atoms with Gasteiger partial charge in [-0.1, -0.05) is 37.1 Å². The lowest BCUT2D eigenvalue weighted by atomic mass is 9.96. The minimum absolute atomic E-state index is 0.114. The van der Waals surface area contributed by atoms with Crippen molar-refractivity contribution in [2.24, 2.45) is 0 Å². The Hall–Kier alpha value is -0.870. The van der Waals surface area contributed by atoms with Gasteiger partial charge in [-0.05, 0) is 38.0 Å². The van der Waals surface area contributed by atoms with Crippen LogP contribution in [0.1, 0.15) is 39.2 Å². The quantitative estimate of drug-likeness (QED) is 0.489. The van der Waals surface area contributed by atoms with Gasteiger partial charge < -0.3 is 14.4 Å². The van der Waals surface area contributed by atoms with Crippen molar-refractivity contribution >= 4 is 24.9 Å². The van der Waals surface area contributed by atoms with Crippen molar-refractivity contribution in [1.82, 2.24) is 0 Å².